The molecular formula is C13H15BrCl2FNO2S. The number of halogens is 4. The van der Waals surface area contributed by atoms with Gasteiger partial charge >= 0.3 is 0 Å². The molecule has 1 aromatic carbocycles. The molecule has 0 N–H and O–H groups in total. The molecule has 0 amide bonds. The highest BCUT2D eigenvalue weighted by Gasteiger charge is 2.36. The summed E-state index contributed by atoms with van der Waals surface area (Å²) in [6, 6.07) is 2.43. The summed E-state index contributed by atoms with van der Waals surface area (Å²) in [6.45, 7) is 0.440. The molecule has 1 heterocycles. The molecule has 0 spiro atoms. The molecule has 1 aliphatic heterocycles. The number of alkyl halides is 1. The maximum absolute atomic E-state index is 13.8. The molecular weight excluding hydrogens is 404 g/mol. The molecule has 1 fully saturated rings. The lowest BCUT2D eigenvalue weighted by Gasteiger charge is -2.24. The van der Waals surface area contributed by atoms with E-state index in [4.69, 9.17) is 23.2 Å². The SMILES string of the molecule is O=S(=O)(c1ccc(Cl)c(F)c1Cl)N1CCCC1CCCBr. The summed E-state index contributed by atoms with van der Waals surface area (Å²) < 4.78 is 40.6. The Morgan fingerprint density at radius 3 is 2.76 bits per heavy atom. The Kier molecular flexibility index (Phi) is 5.93. The van der Waals surface area contributed by atoms with Gasteiger partial charge in [-0.1, -0.05) is 39.1 Å². The number of hydrogen-bond donors (Lipinski definition) is 0. The lowest BCUT2D eigenvalue weighted by molar-refractivity contribution is 0.369. The number of nitrogens with zero attached hydrogens (tertiary/aromatic N) is 1. The van der Waals surface area contributed by atoms with Crippen molar-refractivity contribution in [2.24, 2.45) is 0 Å². The van der Waals surface area contributed by atoms with E-state index in [0.717, 1.165) is 31.0 Å². The van der Waals surface area contributed by atoms with Gasteiger partial charge in [0.25, 0.3) is 0 Å². The smallest absolute Gasteiger partial charge is 0.207 e. The van der Waals surface area contributed by atoms with Gasteiger partial charge in [-0.05, 0) is 37.8 Å². The summed E-state index contributed by atoms with van der Waals surface area (Å²) >= 11 is 14.8. The molecule has 118 valence electrons. The van der Waals surface area contributed by atoms with Crippen molar-refractivity contribution in [3.05, 3.63) is 28.0 Å². The van der Waals surface area contributed by atoms with Gasteiger partial charge in [-0.15, -0.1) is 0 Å². The van der Waals surface area contributed by atoms with Crippen LogP contribution < -0.4 is 0 Å². The first kappa shape index (κ1) is 17.5. The predicted molar refractivity (Wildman–Crippen MR) is 86.4 cm³/mol. The second kappa shape index (κ2) is 7.13. The van der Waals surface area contributed by atoms with Crippen LogP contribution in [0.25, 0.3) is 0 Å². The summed E-state index contributed by atoms with van der Waals surface area (Å²) in [5.74, 6) is -0.893. The van der Waals surface area contributed by atoms with Gasteiger partial charge in [0.1, 0.15) is 4.90 Å². The Morgan fingerprint density at radius 2 is 2.10 bits per heavy atom. The second-order valence-electron chi connectivity index (χ2n) is 4.92. The highest BCUT2D eigenvalue weighted by molar-refractivity contribution is 9.09. The molecule has 3 nitrogen and oxygen atoms in total. The van der Waals surface area contributed by atoms with Crippen LogP contribution in [0, 0.1) is 5.82 Å². The van der Waals surface area contributed by atoms with Crippen LogP contribution in [0.1, 0.15) is 25.7 Å². The van der Waals surface area contributed by atoms with E-state index >= 15 is 0 Å². The van der Waals surface area contributed by atoms with Gasteiger partial charge in [0.05, 0.1) is 10.0 Å². The molecule has 1 unspecified atom stereocenters. The van der Waals surface area contributed by atoms with Crippen LogP contribution in [-0.4, -0.2) is 30.6 Å². The fourth-order valence-corrected chi connectivity index (χ4v) is 5.33. The normalized spacial score (nSPS) is 20.1. The van der Waals surface area contributed by atoms with Crippen molar-refractivity contribution in [3.8, 4) is 0 Å². The topological polar surface area (TPSA) is 37.4 Å². The Bertz CT molecular complexity index is 627. The van der Waals surface area contributed by atoms with Crippen LogP contribution in [0.15, 0.2) is 17.0 Å². The standard InChI is InChI=1S/C13H15BrCl2FNO2S/c14-7-1-3-9-4-2-8-18(9)21(19,20)11-6-5-10(15)13(17)12(11)16/h5-6,9H,1-4,7-8H2. The van der Waals surface area contributed by atoms with Crippen LogP contribution >= 0.6 is 39.1 Å². The highest BCUT2D eigenvalue weighted by Crippen LogP contribution is 2.35. The third-order valence-corrected chi connectivity index (χ3v) is 6.91. The van der Waals surface area contributed by atoms with Crippen LogP contribution in [0.2, 0.25) is 10.0 Å². The fourth-order valence-electron chi connectivity index (χ4n) is 2.56. The minimum absolute atomic E-state index is 0.0534. The van der Waals surface area contributed by atoms with E-state index in [2.05, 4.69) is 15.9 Å². The van der Waals surface area contributed by atoms with E-state index in [9.17, 15) is 12.8 Å². The van der Waals surface area contributed by atoms with Crippen molar-refractivity contribution < 1.29 is 12.8 Å². The van der Waals surface area contributed by atoms with Gasteiger partial charge in [-0.2, -0.15) is 4.31 Å². The maximum Gasteiger partial charge on any atom is 0.244 e. The molecule has 0 bridgehead atoms. The van der Waals surface area contributed by atoms with E-state index in [0.29, 0.717) is 6.54 Å². The van der Waals surface area contributed by atoms with Gasteiger partial charge in [0, 0.05) is 17.9 Å². The van der Waals surface area contributed by atoms with Crippen molar-refractivity contribution in [2.45, 2.75) is 36.6 Å². The molecule has 0 saturated carbocycles. The first-order chi connectivity index (χ1) is 9.89. The zero-order valence-corrected chi connectivity index (χ0v) is 15.1. The molecule has 0 aliphatic carbocycles. The van der Waals surface area contributed by atoms with Crippen LogP contribution in [-0.2, 0) is 10.0 Å². The Labute approximate surface area is 142 Å². The fraction of sp³-hybridized carbons (Fsp3) is 0.538. The van der Waals surface area contributed by atoms with Crippen LogP contribution in [0.5, 0.6) is 0 Å². The van der Waals surface area contributed by atoms with E-state index in [1.54, 1.807) is 0 Å². The van der Waals surface area contributed by atoms with Crippen molar-refractivity contribution in [1.82, 2.24) is 4.31 Å². The van der Waals surface area contributed by atoms with Crippen molar-refractivity contribution in [2.75, 3.05) is 11.9 Å². The summed E-state index contributed by atoms with van der Waals surface area (Å²) in [7, 11) is -3.80. The van der Waals surface area contributed by atoms with E-state index < -0.39 is 20.9 Å². The molecule has 8 heteroatoms. The third kappa shape index (κ3) is 3.55. The molecule has 0 radical (unpaired) electrons. The molecule has 1 atom stereocenters. The summed E-state index contributed by atoms with van der Waals surface area (Å²) in [5, 5.41) is 0.207. The third-order valence-electron chi connectivity index (χ3n) is 3.58. The molecule has 0 aromatic heterocycles. The second-order valence-corrected chi connectivity index (χ2v) is 8.35. The molecule has 21 heavy (non-hydrogen) atoms. The van der Waals surface area contributed by atoms with Crippen LogP contribution in [0.4, 0.5) is 4.39 Å². The largest absolute Gasteiger partial charge is 0.244 e. The van der Waals surface area contributed by atoms with Gasteiger partial charge < -0.3 is 0 Å². The Hall–Kier alpha value is 0.120. The maximum atomic E-state index is 13.8. The predicted octanol–water partition coefficient (Wildman–Crippen LogP) is 4.46. The number of sulfonamides is 1. The lowest BCUT2D eigenvalue weighted by atomic mass is 10.1. The highest BCUT2D eigenvalue weighted by atomic mass is 79.9. The van der Waals surface area contributed by atoms with Crippen LogP contribution in [0.3, 0.4) is 0 Å². The monoisotopic (exact) mass is 417 g/mol. The van der Waals surface area contributed by atoms with E-state index in [-0.39, 0.29) is 16.0 Å². The molecule has 1 aliphatic rings. The van der Waals surface area contributed by atoms with E-state index in [1.165, 1.54) is 16.4 Å². The van der Waals surface area contributed by atoms with Crippen molar-refractivity contribution in [3.63, 3.8) is 0 Å². The number of rotatable bonds is 5. The van der Waals surface area contributed by atoms with Gasteiger partial charge in [0.15, 0.2) is 5.82 Å². The van der Waals surface area contributed by atoms with Gasteiger partial charge in [-0.25, -0.2) is 12.8 Å². The lowest BCUT2D eigenvalue weighted by Crippen LogP contribution is -2.35. The zero-order valence-electron chi connectivity index (χ0n) is 11.2. The van der Waals surface area contributed by atoms with Gasteiger partial charge in [-0.3, -0.25) is 0 Å². The number of benzene rings is 1. The Morgan fingerprint density at radius 1 is 1.38 bits per heavy atom. The summed E-state index contributed by atoms with van der Waals surface area (Å²) in [6.07, 6.45) is 3.29. The van der Waals surface area contributed by atoms with E-state index in [1.807, 2.05) is 0 Å². The number of hydrogen-bond acceptors (Lipinski definition) is 2. The summed E-state index contributed by atoms with van der Waals surface area (Å²) in [4.78, 5) is -0.211. The van der Waals surface area contributed by atoms with Crippen molar-refractivity contribution in [1.29, 1.82) is 0 Å². The zero-order chi connectivity index (χ0) is 15.6. The summed E-state index contributed by atoms with van der Waals surface area (Å²) in [5.41, 5.74) is 0. The molecule has 1 aromatic rings. The minimum Gasteiger partial charge on any atom is -0.207 e. The quantitative estimate of drug-likeness (QED) is 0.522. The first-order valence-electron chi connectivity index (χ1n) is 6.61. The average Bonchev–Trinajstić information content (AvgIpc) is 2.91. The molecule has 2 rings (SSSR count). The van der Waals surface area contributed by atoms with Gasteiger partial charge in [0.2, 0.25) is 10.0 Å². The first-order valence-corrected chi connectivity index (χ1v) is 9.92. The van der Waals surface area contributed by atoms with Crippen molar-refractivity contribution >= 4 is 49.2 Å². The molecule has 1 saturated heterocycles. The minimum atomic E-state index is -3.80. The average molecular weight is 419 g/mol. The Balaban J connectivity index is 2.35.